The molecule has 0 amide bonds. The maximum atomic E-state index is 11.9. The van der Waals surface area contributed by atoms with Crippen LogP contribution in [0.25, 0.3) is 0 Å². The standard InChI is InChI=1S/C11H15NO5/c1-2-11(6-13,7-14)12-5-3-4-8(9(12)15)10(16)17/h3-5,13-14H,2,6-7H2,1H3,(H,16,17). The molecule has 0 saturated carbocycles. The van der Waals surface area contributed by atoms with Crippen LogP contribution in [0.2, 0.25) is 0 Å². The number of rotatable bonds is 5. The van der Waals surface area contributed by atoms with Gasteiger partial charge in [-0.25, -0.2) is 4.79 Å². The molecular weight excluding hydrogens is 226 g/mol. The van der Waals surface area contributed by atoms with E-state index in [0.717, 1.165) is 4.57 Å². The van der Waals surface area contributed by atoms with Crippen molar-refractivity contribution < 1.29 is 20.1 Å². The van der Waals surface area contributed by atoms with Gasteiger partial charge in [-0.05, 0) is 18.6 Å². The Morgan fingerprint density at radius 2 is 2.00 bits per heavy atom. The molecule has 0 aromatic carbocycles. The monoisotopic (exact) mass is 241 g/mol. The highest BCUT2D eigenvalue weighted by atomic mass is 16.4. The molecule has 0 aliphatic rings. The lowest BCUT2D eigenvalue weighted by Gasteiger charge is -2.31. The van der Waals surface area contributed by atoms with Crippen molar-refractivity contribution in [2.75, 3.05) is 13.2 Å². The highest BCUT2D eigenvalue weighted by Gasteiger charge is 2.30. The Kier molecular flexibility index (Phi) is 4.03. The summed E-state index contributed by atoms with van der Waals surface area (Å²) < 4.78 is 1.08. The maximum absolute atomic E-state index is 11.9. The fourth-order valence-corrected chi connectivity index (χ4v) is 1.63. The average molecular weight is 241 g/mol. The van der Waals surface area contributed by atoms with Gasteiger partial charge >= 0.3 is 5.97 Å². The van der Waals surface area contributed by atoms with Crippen LogP contribution in [-0.4, -0.2) is 39.1 Å². The number of nitrogens with zero attached hydrogens (tertiary/aromatic N) is 1. The van der Waals surface area contributed by atoms with Crippen molar-refractivity contribution >= 4 is 5.97 Å². The lowest BCUT2D eigenvalue weighted by Crippen LogP contribution is -2.47. The number of hydrogen-bond donors (Lipinski definition) is 3. The zero-order valence-corrected chi connectivity index (χ0v) is 9.46. The number of carbonyl (C=O) groups is 1. The summed E-state index contributed by atoms with van der Waals surface area (Å²) in [6.45, 7) is 0.818. The zero-order valence-electron chi connectivity index (χ0n) is 9.46. The predicted molar refractivity (Wildman–Crippen MR) is 60.1 cm³/mol. The summed E-state index contributed by atoms with van der Waals surface area (Å²) in [5.74, 6) is -1.33. The van der Waals surface area contributed by atoms with Crippen LogP contribution in [0.4, 0.5) is 0 Å². The number of pyridine rings is 1. The van der Waals surface area contributed by atoms with Crippen molar-refractivity contribution in [2.24, 2.45) is 0 Å². The highest BCUT2D eigenvalue weighted by molar-refractivity contribution is 5.87. The van der Waals surface area contributed by atoms with Crippen LogP contribution in [0, 0.1) is 0 Å². The molecule has 1 heterocycles. The summed E-state index contributed by atoms with van der Waals surface area (Å²) in [5, 5.41) is 27.5. The van der Waals surface area contributed by atoms with Crippen LogP contribution < -0.4 is 5.56 Å². The van der Waals surface area contributed by atoms with Gasteiger partial charge < -0.3 is 19.9 Å². The van der Waals surface area contributed by atoms with Crippen molar-refractivity contribution in [3.8, 4) is 0 Å². The molecule has 1 aromatic heterocycles. The third kappa shape index (κ3) is 2.22. The van der Waals surface area contributed by atoms with Crippen molar-refractivity contribution in [1.82, 2.24) is 4.57 Å². The minimum absolute atomic E-state index is 0.309. The minimum Gasteiger partial charge on any atom is -0.477 e. The molecule has 6 heteroatoms. The summed E-state index contributed by atoms with van der Waals surface area (Å²) in [6, 6.07) is 2.59. The first-order valence-corrected chi connectivity index (χ1v) is 5.19. The lowest BCUT2D eigenvalue weighted by atomic mass is 9.97. The van der Waals surface area contributed by atoms with Gasteiger partial charge in [0.1, 0.15) is 5.56 Å². The molecule has 0 fully saturated rings. The molecule has 3 N–H and O–H groups in total. The largest absolute Gasteiger partial charge is 0.477 e. The third-order valence-electron chi connectivity index (χ3n) is 2.94. The second-order valence-electron chi connectivity index (χ2n) is 3.80. The van der Waals surface area contributed by atoms with E-state index in [4.69, 9.17) is 5.11 Å². The number of carboxylic acid groups (broad SMARTS) is 1. The number of aliphatic hydroxyl groups is 2. The Balaban J connectivity index is 3.46. The van der Waals surface area contributed by atoms with Gasteiger partial charge in [0.2, 0.25) is 0 Å². The van der Waals surface area contributed by atoms with Crippen LogP contribution in [-0.2, 0) is 5.54 Å². The van der Waals surface area contributed by atoms with E-state index in [1.807, 2.05) is 0 Å². The second-order valence-corrected chi connectivity index (χ2v) is 3.80. The van der Waals surface area contributed by atoms with Crippen molar-refractivity contribution in [1.29, 1.82) is 0 Å². The number of aromatic nitrogens is 1. The van der Waals surface area contributed by atoms with Gasteiger partial charge in [0.25, 0.3) is 5.56 Å². The van der Waals surface area contributed by atoms with Crippen LogP contribution in [0.15, 0.2) is 23.1 Å². The van der Waals surface area contributed by atoms with Gasteiger partial charge in [0.15, 0.2) is 0 Å². The molecule has 0 bridgehead atoms. The second kappa shape index (κ2) is 5.11. The molecule has 0 spiro atoms. The normalized spacial score (nSPS) is 11.5. The van der Waals surface area contributed by atoms with Crippen LogP contribution in [0.3, 0.4) is 0 Å². The maximum Gasteiger partial charge on any atom is 0.341 e. The summed E-state index contributed by atoms with van der Waals surface area (Å²) >= 11 is 0. The smallest absolute Gasteiger partial charge is 0.341 e. The third-order valence-corrected chi connectivity index (χ3v) is 2.94. The van der Waals surface area contributed by atoms with Crippen LogP contribution >= 0.6 is 0 Å². The average Bonchev–Trinajstić information content (AvgIpc) is 2.33. The summed E-state index contributed by atoms with van der Waals surface area (Å²) in [6.07, 6.45) is 1.67. The molecule has 0 radical (unpaired) electrons. The summed E-state index contributed by atoms with van der Waals surface area (Å²) in [4.78, 5) is 22.7. The van der Waals surface area contributed by atoms with Crippen molar-refractivity contribution in [3.05, 3.63) is 34.2 Å². The van der Waals surface area contributed by atoms with E-state index in [1.165, 1.54) is 18.3 Å². The van der Waals surface area contributed by atoms with Crippen molar-refractivity contribution in [2.45, 2.75) is 18.9 Å². The van der Waals surface area contributed by atoms with E-state index >= 15 is 0 Å². The fourth-order valence-electron chi connectivity index (χ4n) is 1.63. The SMILES string of the molecule is CCC(CO)(CO)n1cccc(C(=O)O)c1=O. The molecule has 6 nitrogen and oxygen atoms in total. The minimum atomic E-state index is -1.33. The fraction of sp³-hybridized carbons (Fsp3) is 0.455. The van der Waals surface area contributed by atoms with Crippen molar-refractivity contribution in [3.63, 3.8) is 0 Å². The Morgan fingerprint density at radius 1 is 1.41 bits per heavy atom. The van der Waals surface area contributed by atoms with Gasteiger partial charge in [-0.3, -0.25) is 4.79 Å². The molecule has 0 aliphatic heterocycles. The van der Waals surface area contributed by atoms with E-state index in [1.54, 1.807) is 6.92 Å². The van der Waals surface area contributed by atoms with Gasteiger partial charge in [0, 0.05) is 6.20 Å². The molecular formula is C11H15NO5. The Labute approximate surface area is 97.8 Å². The predicted octanol–water partition coefficient (Wildman–Crippen LogP) is -0.364. The molecule has 0 atom stereocenters. The van der Waals surface area contributed by atoms with E-state index in [2.05, 4.69) is 0 Å². The first-order chi connectivity index (χ1) is 8.02. The zero-order chi connectivity index (χ0) is 13.1. The number of carboxylic acids is 1. The van der Waals surface area contributed by atoms with E-state index in [0.29, 0.717) is 6.42 Å². The first kappa shape index (κ1) is 13.4. The molecule has 1 rings (SSSR count). The Hall–Kier alpha value is -1.66. The van der Waals surface area contributed by atoms with Gasteiger partial charge in [0.05, 0.1) is 18.8 Å². The number of aliphatic hydroxyl groups excluding tert-OH is 2. The van der Waals surface area contributed by atoms with Crippen LogP contribution in [0.1, 0.15) is 23.7 Å². The van der Waals surface area contributed by atoms with Gasteiger partial charge in [-0.15, -0.1) is 0 Å². The molecule has 0 unspecified atom stereocenters. The first-order valence-electron chi connectivity index (χ1n) is 5.19. The van der Waals surface area contributed by atoms with E-state index in [-0.39, 0.29) is 5.56 Å². The van der Waals surface area contributed by atoms with Gasteiger partial charge in [-0.2, -0.15) is 0 Å². The topological polar surface area (TPSA) is 99.8 Å². The Bertz CT molecular complexity index is 453. The summed E-state index contributed by atoms with van der Waals surface area (Å²) in [7, 11) is 0. The quantitative estimate of drug-likeness (QED) is 0.653. The lowest BCUT2D eigenvalue weighted by molar-refractivity contribution is 0.0553. The molecule has 94 valence electrons. The van der Waals surface area contributed by atoms with Gasteiger partial charge in [-0.1, -0.05) is 6.92 Å². The number of aromatic carboxylic acids is 1. The highest BCUT2D eigenvalue weighted by Crippen LogP contribution is 2.17. The number of hydrogen-bond acceptors (Lipinski definition) is 4. The molecule has 0 saturated heterocycles. The molecule has 0 aliphatic carbocycles. The summed E-state index contributed by atoms with van der Waals surface area (Å²) in [5.41, 5.74) is -2.28. The molecule has 17 heavy (non-hydrogen) atoms. The Morgan fingerprint density at radius 3 is 2.41 bits per heavy atom. The van der Waals surface area contributed by atoms with Crippen LogP contribution in [0.5, 0.6) is 0 Å². The molecule has 1 aromatic rings. The van der Waals surface area contributed by atoms with E-state index < -0.39 is 30.3 Å². The van der Waals surface area contributed by atoms with E-state index in [9.17, 15) is 19.8 Å².